The summed E-state index contributed by atoms with van der Waals surface area (Å²) in [6.07, 6.45) is 7.33. The standard InChI is InChI=1S/C27H39N3O5/c1-5-35-16-10-15-30-25(31)21-17-20-22(33-3)13-14-23(34-4)24(20)29(21)18-27(30,2)26(32)28-19-11-8-6-7-9-12-19/h13-14,17,19H,5-12,15-16,18H2,1-4H3,(H,28,32)/t27-/m0/s1. The van der Waals surface area contributed by atoms with Crippen molar-refractivity contribution in [2.75, 3.05) is 34.0 Å². The molecule has 0 radical (unpaired) electrons. The first-order chi connectivity index (χ1) is 16.9. The summed E-state index contributed by atoms with van der Waals surface area (Å²) in [7, 11) is 3.23. The van der Waals surface area contributed by atoms with Crippen LogP contribution < -0.4 is 14.8 Å². The number of fused-ring (bicyclic) bond motifs is 3. The molecule has 2 aromatic rings. The number of carbonyl (C=O) groups excluding carboxylic acids is 2. The number of rotatable bonds is 9. The first-order valence-electron chi connectivity index (χ1n) is 12.9. The van der Waals surface area contributed by atoms with Crippen LogP contribution in [0.4, 0.5) is 0 Å². The number of hydrogen-bond acceptors (Lipinski definition) is 5. The highest BCUT2D eigenvalue weighted by Crippen LogP contribution is 2.40. The SMILES string of the molecule is CCOCCCN1C(=O)c2cc3c(OC)ccc(OC)c3n2C[C@@]1(C)C(=O)NC1CCCCCC1. The third-order valence-electron chi connectivity index (χ3n) is 7.50. The largest absolute Gasteiger partial charge is 0.496 e. The maximum atomic E-state index is 13.9. The lowest BCUT2D eigenvalue weighted by Crippen LogP contribution is -2.65. The third-order valence-corrected chi connectivity index (χ3v) is 7.50. The van der Waals surface area contributed by atoms with E-state index in [9.17, 15) is 9.59 Å². The van der Waals surface area contributed by atoms with Crippen LogP contribution in [0.1, 0.15) is 69.3 Å². The van der Waals surface area contributed by atoms with Crippen molar-refractivity contribution in [2.24, 2.45) is 0 Å². The molecule has 192 valence electrons. The van der Waals surface area contributed by atoms with E-state index in [1.807, 2.05) is 36.6 Å². The Morgan fingerprint density at radius 1 is 1.11 bits per heavy atom. The summed E-state index contributed by atoms with van der Waals surface area (Å²) in [4.78, 5) is 29.5. The van der Waals surface area contributed by atoms with Gasteiger partial charge < -0.3 is 29.0 Å². The van der Waals surface area contributed by atoms with Crippen molar-refractivity contribution in [2.45, 2.75) is 76.9 Å². The molecule has 1 saturated carbocycles. The molecule has 2 heterocycles. The van der Waals surface area contributed by atoms with Crippen molar-refractivity contribution in [3.63, 3.8) is 0 Å². The van der Waals surface area contributed by atoms with E-state index in [4.69, 9.17) is 14.2 Å². The van der Waals surface area contributed by atoms with Crippen LogP contribution in [0.2, 0.25) is 0 Å². The van der Waals surface area contributed by atoms with Crippen LogP contribution in [-0.2, 0) is 16.1 Å². The summed E-state index contributed by atoms with van der Waals surface area (Å²) in [6, 6.07) is 5.70. The molecule has 0 saturated heterocycles. The topological polar surface area (TPSA) is 82.0 Å². The Morgan fingerprint density at radius 3 is 2.46 bits per heavy atom. The van der Waals surface area contributed by atoms with Gasteiger partial charge in [-0.2, -0.15) is 0 Å². The van der Waals surface area contributed by atoms with Crippen molar-refractivity contribution in [3.05, 3.63) is 23.9 Å². The summed E-state index contributed by atoms with van der Waals surface area (Å²) < 4.78 is 18.7. The zero-order valence-corrected chi connectivity index (χ0v) is 21.5. The summed E-state index contributed by atoms with van der Waals surface area (Å²) in [5.74, 6) is 1.06. The van der Waals surface area contributed by atoms with Crippen molar-refractivity contribution in [3.8, 4) is 11.5 Å². The minimum atomic E-state index is -1.04. The average molecular weight is 486 g/mol. The summed E-state index contributed by atoms with van der Waals surface area (Å²) in [5, 5.41) is 4.11. The van der Waals surface area contributed by atoms with E-state index in [1.165, 1.54) is 12.8 Å². The number of benzene rings is 1. The smallest absolute Gasteiger partial charge is 0.271 e. The lowest BCUT2D eigenvalue weighted by molar-refractivity contribution is -0.133. The van der Waals surface area contributed by atoms with Gasteiger partial charge in [-0.15, -0.1) is 0 Å². The van der Waals surface area contributed by atoms with Crippen LogP contribution in [0, 0.1) is 0 Å². The maximum absolute atomic E-state index is 13.9. The molecule has 1 fully saturated rings. The van der Waals surface area contributed by atoms with Gasteiger partial charge in [0.05, 0.1) is 26.3 Å². The average Bonchev–Trinajstić information content (AvgIpc) is 3.04. The predicted octanol–water partition coefficient (Wildman–Crippen LogP) is 4.14. The van der Waals surface area contributed by atoms with Crippen LogP contribution in [0.15, 0.2) is 18.2 Å². The second-order valence-electron chi connectivity index (χ2n) is 9.79. The number of nitrogens with one attached hydrogen (secondary N) is 1. The monoisotopic (exact) mass is 485 g/mol. The molecule has 1 aliphatic heterocycles. The molecule has 1 aromatic carbocycles. The number of carbonyl (C=O) groups is 2. The van der Waals surface area contributed by atoms with Gasteiger partial charge in [-0.3, -0.25) is 9.59 Å². The minimum Gasteiger partial charge on any atom is -0.496 e. The molecular weight excluding hydrogens is 446 g/mol. The van der Waals surface area contributed by atoms with Crippen molar-refractivity contribution in [1.29, 1.82) is 0 Å². The Bertz CT molecular complexity index is 1060. The van der Waals surface area contributed by atoms with E-state index in [1.54, 1.807) is 19.1 Å². The number of hydrogen-bond donors (Lipinski definition) is 1. The Labute approximate surface area is 207 Å². The maximum Gasteiger partial charge on any atom is 0.271 e. The molecule has 0 unspecified atom stereocenters. The fraction of sp³-hybridized carbons (Fsp3) is 0.630. The van der Waals surface area contributed by atoms with Crippen LogP contribution in [-0.4, -0.2) is 66.8 Å². The van der Waals surface area contributed by atoms with Gasteiger partial charge in [0.25, 0.3) is 5.91 Å². The van der Waals surface area contributed by atoms with Gasteiger partial charge in [0, 0.05) is 31.2 Å². The molecule has 1 aliphatic carbocycles. The van der Waals surface area contributed by atoms with Gasteiger partial charge in [0.15, 0.2) is 0 Å². The Kier molecular flexibility index (Phi) is 7.89. The number of ether oxygens (including phenoxy) is 3. The zero-order valence-electron chi connectivity index (χ0n) is 21.5. The van der Waals surface area contributed by atoms with Gasteiger partial charge in [-0.25, -0.2) is 0 Å². The Hall–Kier alpha value is -2.74. The molecule has 2 aliphatic rings. The van der Waals surface area contributed by atoms with Crippen LogP contribution >= 0.6 is 0 Å². The van der Waals surface area contributed by atoms with E-state index in [-0.39, 0.29) is 17.9 Å². The molecule has 35 heavy (non-hydrogen) atoms. The van der Waals surface area contributed by atoms with E-state index in [2.05, 4.69) is 5.32 Å². The molecule has 8 heteroatoms. The second-order valence-corrected chi connectivity index (χ2v) is 9.79. The summed E-state index contributed by atoms with van der Waals surface area (Å²) in [5.41, 5.74) is 0.277. The van der Waals surface area contributed by atoms with E-state index in [0.717, 1.165) is 36.6 Å². The number of aromatic nitrogens is 1. The van der Waals surface area contributed by atoms with E-state index in [0.29, 0.717) is 49.9 Å². The lowest BCUT2D eigenvalue weighted by atomic mass is 9.93. The van der Waals surface area contributed by atoms with Crippen molar-refractivity contribution in [1.82, 2.24) is 14.8 Å². The second kappa shape index (κ2) is 10.9. The molecule has 2 amide bonds. The van der Waals surface area contributed by atoms with Crippen molar-refractivity contribution < 1.29 is 23.8 Å². The first-order valence-corrected chi connectivity index (χ1v) is 12.9. The zero-order chi connectivity index (χ0) is 25.0. The molecule has 0 bridgehead atoms. The number of methoxy groups -OCH3 is 2. The summed E-state index contributed by atoms with van der Waals surface area (Å²) in [6.45, 7) is 5.80. The number of nitrogens with zero attached hydrogens (tertiary/aromatic N) is 2. The first kappa shape index (κ1) is 25.4. The third kappa shape index (κ3) is 4.85. The molecule has 4 rings (SSSR count). The van der Waals surface area contributed by atoms with Gasteiger partial charge in [0.1, 0.15) is 22.7 Å². The Balaban J connectivity index is 1.74. The molecule has 1 aromatic heterocycles. The fourth-order valence-corrected chi connectivity index (χ4v) is 5.54. The van der Waals surface area contributed by atoms with E-state index >= 15 is 0 Å². The van der Waals surface area contributed by atoms with E-state index < -0.39 is 5.54 Å². The van der Waals surface area contributed by atoms with Crippen LogP contribution in [0.3, 0.4) is 0 Å². The van der Waals surface area contributed by atoms with Crippen LogP contribution in [0.5, 0.6) is 11.5 Å². The highest BCUT2D eigenvalue weighted by molar-refractivity contribution is 6.05. The minimum absolute atomic E-state index is 0.0940. The van der Waals surface area contributed by atoms with Gasteiger partial charge in [-0.05, 0) is 51.3 Å². The number of amides is 2. The lowest BCUT2D eigenvalue weighted by Gasteiger charge is -2.44. The predicted molar refractivity (Wildman–Crippen MR) is 135 cm³/mol. The van der Waals surface area contributed by atoms with Gasteiger partial charge in [0.2, 0.25) is 5.91 Å². The van der Waals surface area contributed by atoms with Crippen molar-refractivity contribution >= 4 is 22.7 Å². The fourth-order valence-electron chi connectivity index (χ4n) is 5.54. The van der Waals surface area contributed by atoms with Gasteiger partial charge in [-0.1, -0.05) is 25.7 Å². The van der Waals surface area contributed by atoms with Gasteiger partial charge >= 0.3 is 0 Å². The summed E-state index contributed by atoms with van der Waals surface area (Å²) >= 11 is 0. The highest BCUT2D eigenvalue weighted by atomic mass is 16.5. The molecule has 1 atom stereocenters. The molecule has 0 spiro atoms. The normalized spacial score (nSPS) is 21.0. The molecular formula is C27H39N3O5. The highest BCUT2D eigenvalue weighted by Gasteiger charge is 2.48. The molecule has 8 nitrogen and oxygen atoms in total. The molecule has 1 N–H and O–H groups in total. The Morgan fingerprint density at radius 2 is 1.80 bits per heavy atom. The quantitative estimate of drug-likeness (QED) is 0.426. The van der Waals surface area contributed by atoms with Crippen LogP contribution in [0.25, 0.3) is 10.9 Å².